The molecule has 1 rings (SSSR count). The highest BCUT2D eigenvalue weighted by Crippen LogP contribution is 2.20. The van der Waals surface area contributed by atoms with E-state index < -0.39 is 17.2 Å². The Labute approximate surface area is 127 Å². The molecule has 0 aliphatic heterocycles. The second-order valence-corrected chi connectivity index (χ2v) is 7.03. The third-order valence-electron chi connectivity index (χ3n) is 2.95. The van der Waals surface area contributed by atoms with Crippen molar-refractivity contribution in [2.75, 3.05) is 20.6 Å². The molecule has 1 aromatic heterocycles. The van der Waals surface area contributed by atoms with E-state index in [1.807, 2.05) is 48.7 Å². The number of nitrogens with one attached hydrogen (secondary N) is 1. The van der Waals surface area contributed by atoms with Gasteiger partial charge in [0.25, 0.3) is 0 Å². The average Bonchev–Trinajstić information content (AvgIpc) is 2.71. The molecule has 6 nitrogen and oxygen atoms in total. The number of hydrogen-bond acceptors (Lipinski definition) is 4. The molecule has 1 N–H and O–H groups in total. The molecular weight excluding hydrogens is 268 g/mol. The molecule has 0 radical (unpaired) electrons. The lowest BCUT2D eigenvalue weighted by Crippen LogP contribution is -2.45. The molecule has 0 saturated heterocycles. The van der Waals surface area contributed by atoms with E-state index in [1.165, 1.54) is 0 Å². The molecule has 0 unspecified atom stereocenters. The zero-order valence-electron chi connectivity index (χ0n) is 14.2. The summed E-state index contributed by atoms with van der Waals surface area (Å²) in [6.07, 6.45) is 3.15. The maximum absolute atomic E-state index is 12.0. The van der Waals surface area contributed by atoms with Crippen molar-refractivity contribution < 1.29 is 9.53 Å². The van der Waals surface area contributed by atoms with Gasteiger partial charge in [-0.3, -0.25) is 0 Å². The van der Waals surface area contributed by atoms with Crippen LogP contribution < -0.4 is 5.32 Å². The van der Waals surface area contributed by atoms with Crippen LogP contribution in [0.25, 0.3) is 0 Å². The van der Waals surface area contributed by atoms with Crippen LogP contribution in [0.2, 0.25) is 0 Å². The molecule has 0 atom stereocenters. The van der Waals surface area contributed by atoms with Crippen molar-refractivity contribution in [1.29, 1.82) is 0 Å². The van der Waals surface area contributed by atoms with Crippen LogP contribution >= 0.6 is 0 Å². The number of ether oxygens (including phenoxy) is 1. The van der Waals surface area contributed by atoms with Crippen LogP contribution in [-0.4, -0.2) is 46.8 Å². The van der Waals surface area contributed by atoms with Gasteiger partial charge in [-0.1, -0.05) is 0 Å². The number of likely N-dealkylation sites (N-methyl/N-ethyl adjacent to an activating group) is 1. The number of hydrogen-bond donors (Lipinski definition) is 1. The number of nitrogens with zero attached hydrogens (tertiary/aromatic N) is 3. The molecule has 1 heterocycles. The predicted molar refractivity (Wildman–Crippen MR) is 83.2 cm³/mol. The Morgan fingerprint density at radius 1 is 1.33 bits per heavy atom. The SMILES string of the molecule is CN(C)CCn1cncc1C(C)(C)NC(=O)OC(C)(C)C. The topological polar surface area (TPSA) is 59.4 Å². The minimum Gasteiger partial charge on any atom is -0.444 e. The summed E-state index contributed by atoms with van der Waals surface area (Å²) >= 11 is 0. The minimum absolute atomic E-state index is 0.423. The van der Waals surface area contributed by atoms with Gasteiger partial charge in [-0.05, 0) is 48.7 Å². The van der Waals surface area contributed by atoms with Crippen molar-refractivity contribution in [2.24, 2.45) is 0 Å². The number of amides is 1. The summed E-state index contributed by atoms with van der Waals surface area (Å²) < 4.78 is 7.37. The Morgan fingerprint density at radius 2 is 1.95 bits per heavy atom. The van der Waals surface area contributed by atoms with E-state index in [0.717, 1.165) is 18.8 Å². The van der Waals surface area contributed by atoms with E-state index >= 15 is 0 Å². The van der Waals surface area contributed by atoms with Gasteiger partial charge in [0, 0.05) is 13.1 Å². The van der Waals surface area contributed by atoms with E-state index in [9.17, 15) is 4.79 Å². The molecule has 0 bridgehead atoms. The van der Waals surface area contributed by atoms with Crippen molar-refractivity contribution in [3.63, 3.8) is 0 Å². The van der Waals surface area contributed by atoms with Gasteiger partial charge in [-0.2, -0.15) is 0 Å². The van der Waals surface area contributed by atoms with Crippen LogP contribution in [0.1, 0.15) is 40.3 Å². The van der Waals surface area contributed by atoms with E-state index in [0.29, 0.717) is 0 Å². The molecule has 0 saturated carbocycles. The molecular formula is C15H28N4O2. The number of rotatable bonds is 5. The minimum atomic E-state index is -0.550. The molecule has 0 spiro atoms. The Bertz CT molecular complexity index is 472. The second kappa shape index (κ2) is 6.47. The number of imidazole rings is 1. The number of alkyl carbamates (subject to hydrolysis) is 1. The molecule has 6 heteroatoms. The van der Waals surface area contributed by atoms with Crippen molar-refractivity contribution in [1.82, 2.24) is 19.8 Å². The summed E-state index contributed by atoms with van der Waals surface area (Å²) in [7, 11) is 4.06. The molecule has 21 heavy (non-hydrogen) atoms. The van der Waals surface area contributed by atoms with E-state index in [-0.39, 0.29) is 0 Å². The highest BCUT2D eigenvalue weighted by atomic mass is 16.6. The summed E-state index contributed by atoms with van der Waals surface area (Å²) in [5.41, 5.74) is -0.105. The lowest BCUT2D eigenvalue weighted by atomic mass is 10.0. The third-order valence-corrected chi connectivity index (χ3v) is 2.95. The van der Waals surface area contributed by atoms with Crippen LogP contribution in [0.3, 0.4) is 0 Å². The van der Waals surface area contributed by atoms with E-state index in [4.69, 9.17) is 4.74 Å². The van der Waals surface area contributed by atoms with Crippen molar-refractivity contribution in [3.05, 3.63) is 18.2 Å². The van der Waals surface area contributed by atoms with Gasteiger partial charge in [0.1, 0.15) is 5.60 Å². The van der Waals surface area contributed by atoms with Gasteiger partial charge in [-0.15, -0.1) is 0 Å². The van der Waals surface area contributed by atoms with Gasteiger partial charge in [0.15, 0.2) is 0 Å². The second-order valence-electron chi connectivity index (χ2n) is 7.03. The van der Waals surface area contributed by atoms with E-state index in [1.54, 1.807) is 12.5 Å². The van der Waals surface area contributed by atoms with Crippen molar-refractivity contribution >= 4 is 6.09 Å². The molecule has 0 aromatic carbocycles. The zero-order valence-corrected chi connectivity index (χ0v) is 14.2. The zero-order chi connectivity index (χ0) is 16.3. The molecule has 0 fully saturated rings. The Morgan fingerprint density at radius 3 is 2.48 bits per heavy atom. The maximum Gasteiger partial charge on any atom is 0.408 e. The average molecular weight is 296 g/mol. The fourth-order valence-corrected chi connectivity index (χ4v) is 1.95. The molecule has 1 aromatic rings. The van der Waals surface area contributed by atoms with Crippen LogP contribution in [-0.2, 0) is 16.8 Å². The Kier molecular flexibility index (Phi) is 5.39. The quantitative estimate of drug-likeness (QED) is 0.905. The first-order valence-electron chi connectivity index (χ1n) is 7.18. The summed E-state index contributed by atoms with van der Waals surface area (Å²) in [5, 5.41) is 2.91. The summed E-state index contributed by atoms with van der Waals surface area (Å²) in [6, 6.07) is 0. The van der Waals surface area contributed by atoms with Gasteiger partial charge < -0.3 is 19.5 Å². The van der Waals surface area contributed by atoms with Gasteiger partial charge in [0.2, 0.25) is 0 Å². The van der Waals surface area contributed by atoms with E-state index in [2.05, 4.69) is 19.8 Å². The first-order valence-corrected chi connectivity index (χ1v) is 7.18. The van der Waals surface area contributed by atoms with Gasteiger partial charge >= 0.3 is 6.09 Å². The monoisotopic (exact) mass is 296 g/mol. The summed E-state index contributed by atoms with van der Waals surface area (Å²) in [5.74, 6) is 0. The largest absolute Gasteiger partial charge is 0.444 e. The maximum atomic E-state index is 12.0. The van der Waals surface area contributed by atoms with Gasteiger partial charge in [0.05, 0.1) is 23.8 Å². The third kappa shape index (κ3) is 5.75. The smallest absolute Gasteiger partial charge is 0.408 e. The fourth-order valence-electron chi connectivity index (χ4n) is 1.95. The number of aromatic nitrogens is 2. The number of carbonyl (C=O) groups excluding carboxylic acids is 1. The predicted octanol–water partition coefficient (Wildman–Crippen LogP) is 2.20. The first-order chi connectivity index (χ1) is 9.51. The van der Waals surface area contributed by atoms with Crippen LogP contribution in [0, 0.1) is 0 Å². The highest BCUT2D eigenvalue weighted by molar-refractivity contribution is 5.68. The fraction of sp³-hybridized carbons (Fsp3) is 0.733. The normalized spacial score (nSPS) is 12.6. The van der Waals surface area contributed by atoms with Gasteiger partial charge in [-0.25, -0.2) is 9.78 Å². The molecule has 0 aliphatic rings. The summed E-state index contributed by atoms with van der Waals surface area (Å²) in [6.45, 7) is 11.2. The lowest BCUT2D eigenvalue weighted by molar-refractivity contribution is 0.0466. The Hall–Kier alpha value is -1.56. The number of carbonyl (C=O) groups is 1. The Balaban J connectivity index is 2.78. The molecule has 120 valence electrons. The first kappa shape index (κ1) is 17.5. The summed E-state index contributed by atoms with van der Waals surface area (Å²) in [4.78, 5) is 18.3. The van der Waals surface area contributed by atoms with Crippen LogP contribution in [0.15, 0.2) is 12.5 Å². The lowest BCUT2D eigenvalue weighted by Gasteiger charge is -2.29. The molecule has 0 aliphatic carbocycles. The van der Waals surface area contributed by atoms with Crippen LogP contribution in [0.4, 0.5) is 4.79 Å². The van der Waals surface area contributed by atoms with Crippen molar-refractivity contribution in [3.8, 4) is 0 Å². The van der Waals surface area contributed by atoms with Crippen molar-refractivity contribution in [2.45, 2.75) is 52.3 Å². The highest BCUT2D eigenvalue weighted by Gasteiger charge is 2.29. The standard InChI is InChI=1S/C15H28N4O2/c1-14(2,3)21-13(20)17-15(4,5)12-10-16-11-19(12)9-8-18(6)7/h10-11H,8-9H2,1-7H3,(H,17,20). The van der Waals surface area contributed by atoms with Crippen LogP contribution in [0.5, 0.6) is 0 Å². The molecule has 1 amide bonds.